The lowest BCUT2D eigenvalue weighted by atomic mass is 9.83. The maximum absolute atomic E-state index is 14.9. The van der Waals surface area contributed by atoms with Crippen LogP contribution < -0.4 is 42.5 Å². The third-order valence-electron chi connectivity index (χ3n) is 18.6. The molecule has 10 N–H and O–H groups in total. The molecule has 28 heteroatoms. The van der Waals surface area contributed by atoms with Crippen molar-refractivity contribution in [1.82, 2.24) is 36.0 Å². The number of Topliss-reactive ketones (excluding diaryl/α,β-unsaturated/α-hetero) is 1. The normalized spacial score (nSPS) is 17.0. The zero-order valence-corrected chi connectivity index (χ0v) is 59.9. The molecule has 0 bridgehead atoms. The van der Waals surface area contributed by atoms with Crippen molar-refractivity contribution in [2.24, 2.45) is 41.2 Å². The number of carbonyl (C=O) groups is 12. The van der Waals surface area contributed by atoms with Crippen molar-refractivity contribution in [2.45, 2.75) is 175 Å². The van der Waals surface area contributed by atoms with Gasteiger partial charge in [-0.2, -0.15) is 0 Å². The summed E-state index contributed by atoms with van der Waals surface area (Å²) >= 11 is 0. The predicted octanol–water partition coefficient (Wildman–Crippen LogP) is 5.92. The molecule has 0 saturated carbocycles. The number of imide groups is 1. The second-order valence-corrected chi connectivity index (χ2v) is 26.8. The number of aliphatic hydroxyl groups is 1. The molecule has 28 nitrogen and oxygen atoms in total. The van der Waals surface area contributed by atoms with Gasteiger partial charge in [-0.3, -0.25) is 47.9 Å². The number of carbonyl (C=O) groups excluding carboxylic acids is 11. The van der Waals surface area contributed by atoms with Crippen LogP contribution in [0.2, 0.25) is 0 Å². The summed E-state index contributed by atoms with van der Waals surface area (Å²) in [5.74, 6) is -9.08. The number of likely N-dealkylation sites (tertiary alicyclic amines) is 1. The van der Waals surface area contributed by atoms with E-state index in [1.165, 1.54) is 44.4 Å². The summed E-state index contributed by atoms with van der Waals surface area (Å²) in [6.45, 7) is 17.6. The van der Waals surface area contributed by atoms with Gasteiger partial charge in [0.2, 0.25) is 29.5 Å². The number of benzene rings is 3. The number of likely N-dealkylation sites (N-methyl/N-ethyl adjacent to an activating group) is 2. The number of rotatable bonds is 38. The molecule has 0 spiro atoms. The van der Waals surface area contributed by atoms with Gasteiger partial charge in [-0.05, 0) is 97.7 Å². The molecule has 0 radical (unpaired) electrons. The number of primary amides is 1. The number of ketones is 1. The average Bonchev–Trinajstić information content (AvgIpc) is 1.44. The largest absolute Gasteiger partial charge is 0.480 e. The summed E-state index contributed by atoms with van der Waals surface area (Å²) in [4.78, 5) is 167. The van der Waals surface area contributed by atoms with E-state index in [0.29, 0.717) is 36.9 Å². The molecule has 12 atom stereocenters. The highest BCUT2D eigenvalue weighted by Crippen LogP contribution is 2.33. The van der Waals surface area contributed by atoms with Crippen LogP contribution in [0.3, 0.4) is 0 Å². The molecular formula is C72H103N11O17. The first-order valence-corrected chi connectivity index (χ1v) is 34.0. The Bertz CT molecular complexity index is 3370. The first kappa shape index (κ1) is 81.4. The Labute approximate surface area is 585 Å². The standard InChI is InChI=1S/C72H103N11O17/c1-15-43(8)63(56(98-13)37-59(87)82-34-20-24-54(82)65(99-14)44(9)66(91)76-45(10)64(90)47-21-17-16-18-22-47)80(11)70(95)50(40(2)3)36-55(84)62(42(6)7)81(12)72(97)100-39-46-25-28-49(29-26-46)77-68(93)51(23-19-33-74-71(73)96)78-69(94)61(41(4)5)79-67(92)48-27-30-53(52(35-48)75-38-60(88)89)83-57(85)31-32-58(83)86/h16-18,21-22,25-32,35,40-45,50-51,54,56,61-65,75,90H,15,19-20,23-24,33-34,36-39H2,1-14H3,(H,76,91)(H,77,93)(H,78,94)(H,79,92)(H,88,89)(H3,73,74,96)/t43-,44+,45-,50-,51-,54-,56+,61-,62-,63+,64-,65-/m0/s1. The number of carboxylic acids is 1. The monoisotopic (exact) mass is 1390 g/mol. The van der Waals surface area contributed by atoms with Crippen molar-refractivity contribution in [3.8, 4) is 0 Å². The van der Waals surface area contributed by atoms with E-state index in [0.717, 1.165) is 17.1 Å². The van der Waals surface area contributed by atoms with Gasteiger partial charge >= 0.3 is 18.1 Å². The van der Waals surface area contributed by atoms with E-state index in [-0.39, 0.29) is 96.8 Å². The van der Waals surface area contributed by atoms with Crippen LogP contribution in [-0.4, -0.2) is 192 Å². The smallest absolute Gasteiger partial charge is 0.410 e. The molecule has 3 aromatic carbocycles. The van der Waals surface area contributed by atoms with Crippen molar-refractivity contribution < 1.29 is 82.0 Å². The fraction of sp³-hybridized carbons (Fsp3) is 0.556. The molecule has 100 heavy (non-hydrogen) atoms. The van der Waals surface area contributed by atoms with Crippen LogP contribution in [-0.2, 0) is 64.0 Å². The van der Waals surface area contributed by atoms with Crippen LogP contribution in [0.1, 0.15) is 142 Å². The fourth-order valence-electron chi connectivity index (χ4n) is 12.8. The number of nitrogens with one attached hydrogen (secondary N) is 6. The van der Waals surface area contributed by atoms with Crippen molar-refractivity contribution >= 4 is 88.2 Å². The Morgan fingerprint density at radius 1 is 0.750 bits per heavy atom. The van der Waals surface area contributed by atoms with Crippen LogP contribution in [0.15, 0.2) is 84.9 Å². The number of methoxy groups -OCH3 is 2. The van der Waals surface area contributed by atoms with E-state index in [1.807, 2.05) is 45.9 Å². The van der Waals surface area contributed by atoms with Crippen molar-refractivity contribution in [2.75, 3.05) is 63.5 Å². The number of nitrogens with zero attached hydrogens (tertiary/aromatic N) is 4. The molecule has 0 aliphatic carbocycles. The Morgan fingerprint density at radius 3 is 1.97 bits per heavy atom. The first-order chi connectivity index (χ1) is 47.3. The molecule has 2 aliphatic rings. The Kier molecular flexibility index (Phi) is 31.2. The first-order valence-electron chi connectivity index (χ1n) is 34.0. The lowest BCUT2D eigenvalue weighted by molar-refractivity contribution is -0.149. The van der Waals surface area contributed by atoms with Crippen molar-refractivity contribution in [3.63, 3.8) is 0 Å². The predicted molar refractivity (Wildman–Crippen MR) is 374 cm³/mol. The highest BCUT2D eigenvalue weighted by atomic mass is 16.6. The van der Waals surface area contributed by atoms with Gasteiger partial charge in [0.15, 0.2) is 5.78 Å². The molecule has 0 unspecified atom stereocenters. The number of nitrogens with two attached hydrogens (primary N) is 1. The zero-order valence-electron chi connectivity index (χ0n) is 59.9. The second-order valence-electron chi connectivity index (χ2n) is 26.8. The van der Waals surface area contributed by atoms with Gasteiger partial charge in [0.25, 0.3) is 17.7 Å². The minimum Gasteiger partial charge on any atom is -0.480 e. The molecule has 1 saturated heterocycles. The quantitative estimate of drug-likeness (QED) is 0.0237. The van der Waals surface area contributed by atoms with Gasteiger partial charge < -0.3 is 76.8 Å². The van der Waals surface area contributed by atoms with Gasteiger partial charge in [0.1, 0.15) is 25.2 Å². The summed E-state index contributed by atoms with van der Waals surface area (Å²) in [5, 5.41) is 36.4. The summed E-state index contributed by atoms with van der Waals surface area (Å²) < 4.78 is 17.8. The minimum atomic E-state index is -1.27. The van der Waals surface area contributed by atoms with Crippen LogP contribution >= 0.6 is 0 Å². The molecule has 1 fully saturated rings. The number of aliphatic carboxylic acids is 1. The summed E-state index contributed by atoms with van der Waals surface area (Å²) in [7, 11) is 6.13. The fourth-order valence-corrected chi connectivity index (χ4v) is 12.8. The van der Waals surface area contributed by atoms with E-state index in [2.05, 4.69) is 31.9 Å². The number of urea groups is 1. The number of hydrogen-bond donors (Lipinski definition) is 9. The van der Waals surface area contributed by atoms with Crippen LogP contribution in [0.4, 0.5) is 26.7 Å². The molecule has 548 valence electrons. The average molecular weight is 1390 g/mol. The van der Waals surface area contributed by atoms with Gasteiger partial charge in [-0.1, -0.05) is 111 Å². The minimum absolute atomic E-state index is 0.00341. The Morgan fingerprint density at radius 2 is 1.40 bits per heavy atom. The summed E-state index contributed by atoms with van der Waals surface area (Å²) in [6.07, 6.45) is 0.650. The maximum atomic E-state index is 14.9. The molecule has 0 aromatic heterocycles. The summed E-state index contributed by atoms with van der Waals surface area (Å²) in [6, 6.07) is 13.2. The third kappa shape index (κ3) is 22.1. The van der Waals surface area contributed by atoms with Crippen molar-refractivity contribution in [1.29, 1.82) is 0 Å². The number of carboxylic acid groups (broad SMARTS) is 1. The molecule has 11 amide bonds. The van der Waals surface area contributed by atoms with Gasteiger partial charge in [-0.15, -0.1) is 0 Å². The van der Waals surface area contributed by atoms with Gasteiger partial charge in [-0.25, -0.2) is 14.5 Å². The van der Waals surface area contributed by atoms with E-state index in [1.54, 1.807) is 94.8 Å². The Balaban J connectivity index is 1.22. The van der Waals surface area contributed by atoms with E-state index >= 15 is 0 Å². The number of aliphatic hydroxyl groups excluding tert-OH is 1. The Hall–Kier alpha value is -9.28. The molecular weight excluding hydrogens is 1290 g/mol. The third-order valence-corrected chi connectivity index (χ3v) is 18.6. The zero-order chi connectivity index (χ0) is 74.4. The van der Waals surface area contributed by atoms with Gasteiger partial charge in [0, 0.05) is 77.1 Å². The van der Waals surface area contributed by atoms with E-state index in [9.17, 15) is 67.7 Å². The highest BCUT2D eigenvalue weighted by Gasteiger charge is 2.44. The van der Waals surface area contributed by atoms with Crippen LogP contribution in [0.25, 0.3) is 0 Å². The number of anilines is 3. The molecule has 2 aliphatic heterocycles. The topological polar surface area (TPSA) is 384 Å². The maximum Gasteiger partial charge on any atom is 0.410 e. The SMILES string of the molecule is CC[C@H](C)[C@H]([C@@H](CC(=O)N1CCC[C@H]1[C@@H](OC)[C@@H](C)C(=O)N[C@@H](C)[C@H](O)c1ccccc1)OC)N(C)C(=O)[C@@H](CC(=O)[C@H](C(C)C)N(C)C(=O)OCc1ccc(NC(=O)[C@H](CCCNC(N)=O)NC(=O)[C@@H](NC(=O)c2ccc(N3C(=O)C=CC3=O)c(NCC(=O)O)c2)C(C)C)cc1)C(C)C. The van der Waals surface area contributed by atoms with Crippen LogP contribution in [0, 0.1) is 35.5 Å². The second kappa shape index (κ2) is 38.3. The lowest BCUT2D eigenvalue weighted by Gasteiger charge is -2.41. The number of hydrogen-bond acceptors (Lipinski definition) is 17. The lowest BCUT2D eigenvalue weighted by Crippen LogP contribution is -2.55. The molecule has 3 aromatic rings. The summed E-state index contributed by atoms with van der Waals surface area (Å²) in [5.41, 5.74) is 6.61. The van der Waals surface area contributed by atoms with Crippen molar-refractivity contribution in [3.05, 3.63) is 102 Å². The molecule has 5 rings (SSSR count). The van der Waals surface area contributed by atoms with E-state index < -0.39 is 132 Å². The molecule has 2 heterocycles. The highest BCUT2D eigenvalue weighted by molar-refractivity contribution is 6.29. The number of amides is 11. The van der Waals surface area contributed by atoms with Gasteiger partial charge in [0.05, 0.1) is 66.2 Å². The van der Waals surface area contributed by atoms with Crippen LogP contribution in [0.5, 0.6) is 0 Å². The number of ether oxygens (including phenoxy) is 3. The van der Waals surface area contributed by atoms with E-state index in [4.69, 9.17) is 19.9 Å².